The third-order valence-corrected chi connectivity index (χ3v) is 2.13. The summed E-state index contributed by atoms with van der Waals surface area (Å²) in [6.45, 7) is 1.56. The molecule has 4 heteroatoms. The van der Waals surface area contributed by atoms with Crippen LogP contribution in [0.1, 0.15) is 0 Å². The van der Waals surface area contributed by atoms with Crippen LogP contribution in [0.5, 0.6) is 5.75 Å². The molecule has 0 bridgehead atoms. The van der Waals surface area contributed by atoms with Crippen molar-refractivity contribution in [3.05, 3.63) is 28.7 Å². The fraction of sp³-hybridized carbons (Fsp3) is 0.143. The van der Waals surface area contributed by atoms with Crippen LogP contribution >= 0.6 is 24.0 Å². The van der Waals surface area contributed by atoms with Crippen LogP contribution in [-0.2, 0) is 4.57 Å². The van der Waals surface area contributed by atoms with E-state index in [-0.39, 0.29) is 0 Å². The highest BCUT2D eigenvalue weighted by molar-refractivity contribution is 9.10. The molecule has 2 nitrogen and oxygen atoms in total. The predicted molar refractivity (Wildman–Crippen MR) is 49.7 cm³/mol. The van der Waals surface area contributed by atoms with Crippen molar-refractivity contribution in [2.75, 3.05) is 6.66 Å². The van der Waals surface area contributed by atoms with Gasteiger partial charge in [0.05, 0.1) is 0 Å². The molecule has 0 N–H and O–H groups in total. The van der Waals surface area contributed by atoms with Crippen LogP contribution in [0.3, 0.4) is 0 Å². The number of hydrogen-bond donors (Lipinski definition) is 0. The van der Waals surface area contributed by atoms with Crippen molar-refractivity contribution in [2.45, 2.75) is 0 Å². The second kappa shape index (κ2) is 3.93. The van der Waals surface area contributed by atoms with E-state index in [4.69, 9.17) is 4.52 Å². The first kappa shape index (κ1) is 8.82. The van der Waals surface area contributed by atoms with Gasteiger partial charge in [-0.2, -0.15) is 0 Å². The van der Waals surface area contributed by atoms with Crippen molar-refractivity contribution in [2.24, 2.45) is 0 Å². The van der Waals surface area contributed by atoms with Gasteiger partial charge < -0.3 is 4.52 Å². The third-order valence-electron chi connectivity index (χ3n) is 1.08. The van der Waals surface area contributed by atoms with E-state index in [1.54, 1.807) is 18.8 Å². The average molecular weight is 235 g/mol. The van der Waals surface area contributed by atoms with Crippen molar-refractivity contribution < 1.29 is 9.09 Å². The van der Waals surface area contributed by atoms with Crippen molar-refractivity contribution >= 4 is 24.0 Å². The minimum Gasteiger partial charge on any atom is -0.445 e. The Hall–Kier alpha value is -0.270. The molecule has 0 spiro atoms. The molecule has 0 aliphatic rings. The lowest BCUT2D eigenvalue weighted by atomic mass is 10.3. The molecular formula is C7H8BrO2P. The standard InChI is InChI=1S/C7H8BrO2P/c1-11(9)10-7-4-2-6(8)3-5-7/h2-5,11H,1H3. The number of halogens is 1. The van der Waals surface area contributed by atoms with Gasteiger partial charge in [0.1, 0.15) is 5.75 Å². The Balaban J connectivity index is 2.74. The molecule has 0 saturated heterocycles. The highest BCUT2D eigenvalue weighted by Crippen LogP contribution is 2.24. The minimum absolute atomic E-state index is 0.652. The summed E-state index contributed by atoms with van der Waals surface area (Å²) in [5, 5.41) is 0. The van der Waals surface area contributed by atoms with Gasteiger partial charge in [-0.3, -0.25) is 4.57 Å². The molecule has 11 heavy (non-hydrogen) atoms. The van der Waals surface area contributed by atoms with E-state index in [2.05, 4.69) is 15.9 Å². The Morgan fingerprint density at radius 1 is 1.36 bits per heavy atom. The lowest BCUT2D eigenvalue weighted by Crippen LogP contribution is -1.77. The Labute approximate surface area is 74.6 Å². The molecule has 1 aromatic rings. The second-order valence-corrected chi connectivity index (χ2v) is 4.15. The highest BCUT2D eigenvalue weighted by Gasteiger charge is 1.93. The van der Waals surface area contributed by atoms with Crippen LogP contribution in [0.4, 0.5) is 0 Å². The van der Waals surface area contributed by atoms with Crippen LogP contribution in [0.2, 0.25) is 0 Å². The summed E-state index contributed by atoms with van der Waals surface area (Å²) in [5.74, 6) is 0.652. The SMILES string of the molecule is C[PH](=O)Oc1ccc(Br)cc1. The van der Waals surface area contributed by atoms with Crippen molar-refractivity contribution in [1.82, 2.24) is 0 Å². The summed E-state index contributed by atoms with van der Waals surface area (Å²) >= 11 is 3.29. The molecule has 0 saturated carbocycles. The summed E-state index contributed by atoms with van der Waals surface area (Å²) in [7, 11) is -1.86. The first-order chi connectivity index (χ1) is 5.18. The molecule has 0 aliphatic heterocycles. The Morgan fingerprint density at radius 3 is 2.36 bits per heavy atom. The summed E-state index contributed by atoms with van der Waals surface area (Å²) in [5.41, 5.74) is 0. The molecule has 1 rings (SSSR count). The molecule has 0 amide bonds. The normalized spacial score (nSPS) is 12.5. The number of rotatable bonds is 2. The molecular weight excluding hydrogens is 227 g/mol. The van der Waals surface area contributed by atoms with E-state index in [0.29, 0.717) is 5.75 Å². The smallest absolute Gasteiger partial charge is 0.233 e. The molecule has 0 aliphatic carbocycles. The molecule has 0 heterocycles. The van der Waals surface area contributed by atoms with Crippen LogP contribution in [0.15, 0.2) is 28.7 Å². The van der Waals surface area contributed by atoms with E-state index < -0.39 is 8.03 Å². The van der Waals surface area contributed by atoms with Gasteiger partial charge in [-0.1, -0.05) is 15.9 Å². The molecule has 60 valence electrons. The zero-order valence-electron chi connectivity index (χ0n) is 6.00. The topological polar surface area (TPSA) is 26.3 Å². The first-order valence-electron chi connectivity index (χ1n) is 3.12. The van der Waals surface area contributed by atoms with Crippen LogP contribution in [0, 0.1) is 0 Å². The fourth-order valence-electron chi connectivity index (χ4n) is 0.669. The van der Waals surface area contributed by atoms with E-state index in [9.17, 15) is 4.57 Å². The van der Waals surface area contributed by atoms with E-state index in [0.717, 1.165) is 4.47 Å². The summed E-state index contributed by atoms with van der Waals surface area (Å²) in [6.07, 6.45) is 0. The maximum Gasteiger partial charge on any atom is 0.233 e. The van der Waals surface area contributed by atoms with Gasteiger partial charge in [0.25, 0.3) is 0 Å². The fourth-order valence-corrected chi connectivity index (χ4v) is 1.40. The molecule has 1 atom stereocenters. The first-order valence-corrected chi connectivity index (χ1v) is 5.73. The summed E-state index contributed by atoms with van der Waals surface area (Å²) < 4.78 is 16.6. The maximum absolute atomic E-state index is 10.6. The lowest BCUT2D eigenvalue weighted by Gasteiger charge is -2.00. The Kier molecular flexibility index (Phi) is 3.16. The van der Waals surface area contributed by atoms with Gasteiger partial charge >= 0.3 is 0 Å². The second-order valence-electron chi connectivity index (χ2n) is 2.05. The van der Waals surface area contributed by atoms with Gasteiger partial charge in [-0.15, -0.1) is 0 Å². The minimum atomic E-state index is -1.86. The molecule has 1 aromatic carbocycles. The molecule has 0 fully saturated rings. The van der Waals surface area contributed by atoms with Crippen molar-refractivity contribution in [1.29, 1.82) is 0 Å². The summed E-state index contributed by atoms with van der Waals surface area (Å²) in [4.78, 5) is 0. The monoisotopic (exact) mass is 234 g/mol. The highest BCUT2D eigenvalue weighted by atomic mass is 79.9. The number of benzene rings is 1. The predicted octanol–water partition coefficient (Wildman–Crippen LogP) is 2.93. The van der Waals surface area contributed by atoms with Gasteiger partial charge in [-0.25, -0.2) is 0 Å². The van der Waals surface area contributed by atoms with E-state index >= 15 is 0 Å². The van der Waals surface area contributed by atoms with Gasteiger partial charge in [-0.05, 0) is 24.3 Å². The van der Waals surface area contributed by atoms with E-state index in [1.165, 1.54) is 0 Å². The zero-order chi connectivity index (χ0) is 8.27. The molecule has 1 unspecified atom stereocenters. The number of hydrogen-bond acceptors (Lipinski definition) is 2. The van der Waals surface area contributed by atoms with E-state index in [1.807, 2.05) is 12.1 Å². The van der Waals surface area contributed by atoms with Gasteiger partial charge in [0.15, 0.2) is 0 Å². The van der Waals surface area contributed by atoms with Crippen LogP contribution in [-0.4, -0.2) is 6.66 Å². The third kappa shape index (κ3) is 3.08. The van der Waals surface area contributed by atoms with Crippen LogP contribution < -0.4 is 4.52 Å². The van der Waals surface area contributed by atoms with Crippen molar-refractivity contribution in [3.8, 4) is 5.75 Å². The van der Waals surface area contributed by atoms with Crippen molar-refractivity contribution in [3.63, 3.8) is 0 Å². The van der Waals surface area contributed by atoms with Gasteiger partial charge in [0, 0.05) is 11.1 Å². The quantitative estimate of drug-likeness (QED) is 0.736. The average Bonchev–Trinajstić information content (AvgIpc) is 1.93. The maximum atomic E-state index is 10.6. The lowest BCUT2D eigenvalue weighted by molar-refractivity contribution is 0.510. The van der Waals surface area contributed by atoms with Gasteiger partial charge in [0.2, 0.25) is 8.03 Å². The molecule has 0 aromatic heterocycles. The Morgan fingerprint density at radius 2 is 1.91 bits per heavy atom. The largest absolute Gasteiger partial charge is 0.445 e. The molecule has 0 radical (unpaired) electrons. The van der Waals surface area contributed by atoms with Crippen LogP contribution in [0.25, 0.3) is 0 Å². The Bertz CT molecular complexity index is 258. The zero-order valence-corrected chi connectivity index (χ0v) is 8.59. The summed E-state index contributed by atoms with van der Waals surface area (Å²) in [6, 6.07) is 7.24.